The highest BCUT2D eigenvalue weighted by atomic mass is 79.9. The van der Waals surface area contributed by atoms with Gasteiger partial charge in [0.15, 0.2) is 0 Å². The average Bonchev–Trinajstić information content (AvgIpc) is 2.72. The second-order valence-corrected chi connectivity index (χ2v) is 5.30. The van der Waals surface area contributed by atoms with E-state index in [9.17, 15) is 9.18 Å². The Labute approximate surface area is 108 Å². The van der Waals surface area contributed by atoms with Gasteiger partial charge in [-0.05, 0) is 47.0 Å². The number of hydrogen-bond donors (Lipinski definition) is 2. The van der Waals surface area contributed by atoms with Crippen LogP contribution in [0.2, 0.25) is 0 Å². The molecule has 0 heterocycles. The zero-order chi connectivity index (χ0) is 12.5. The molecule has 0 aromatic heterocycles. The van der Waals surface area contributed by atoms with Gasteiger partial charge in [-0.3, -0.25) is 4.79 Å². The third-order valence-electron chi connectivity index (χ3n) is 3.12. The minimum absolute atomic E-state index is 0.235. The molecule has 3 N–H and O–H groups in total. The van der Waals surface area contributed by atoms with E-state index in [4.69, 9.17) is 5.73 Å². The molecule has 1 aromatic rings. The quantitative estimate of drug-likeness (QED) is 0.882. The lowest BCUT2D eigenvalue weighted by atomic mass is 9.98. The summed E-state index contributed by atoms with van der Waals surface area (Å²) < 4.78 is 13.7. The van der Waals surface area contributed by atoms with Crippen molar-refractivity contribution in [2.75, 3.05) is 5.32 Å². The Morgan fingerprint density at radius 3 is 2.71 bits per heavy atom. The van der Waals surface area contributed by atoms with Crippen molar-refractivity contribution in [3.05, 3.63) is 28.5 Å². The van der Waals surface area contributed by atoms with E-state index in [-0.39, 0.29) is 11.7 Å². The molecule has 3 nitrogen and oxygen atoms in total. The topological polar surface area (TPSA) is 55.1 Å². The fourth-order valence-electron chi connectivity index (χ4n) is 2.07. The second-order valence-electron chi connectivity index (χ2n) is 4.44. The van der Waals surface area contributed by atoms with Gasteiger partial charge in [0.05, 0.1) is 11.2 Å². The Bertz CT molecular complexity index is 444. The zero-order valence-electron chi connectivity index (χ0n) is 9.30. The molecule has 0 unspecified atom stereocenters. The minimum atomic E-state index is -0.800. The van der Waals surface area contributed by atoms with Gasteiger partial charge in [-0.1, -0.05) is 12.8 Å². The summed E-state index contributed by atoms with van der Waals surface area (Å²) in [4.78, 5) is 12.0. The molecule has 0 saturated heterocycles. The Morgan fingerprint density at radius 1 is 1.41 bits per heavy atom. The van der Waals surface area contributed by atoms with Crippen molar-refractivity contribution in [1.82, 2.24) is 0 Å². The number of rotatable bonds is 2. The van der Waals surface area contributed by atoms with E-state index in [0.717, 1.165) is 12.8 Å². The van der Waals surface area contributed by atoms with E-state index >= 15 is 0 Å². The van der Waals surface area contributed by atoms with Crippen molar-refractivity contribution in [2.24, 2.45) is 5.73 Å². The molecule has 2 rings (SSSR count). The highest BCUT2D eigenvalue weighted by molar-refractivity contribution is 9.10. The summed E-state index contributed by atoms with van der Waals surface area (Å²) in [6.07, 6.45) is 3.31. The first-order valence-electron chi connectivity index (χ1n) is 5.57. The predicted molar refractivity (Wildman–Crippen MR) is 68.1 cm³/mol. The normalized spacial score (nSPS) is 18.1. The highest BCUT2D eigenvalue weighted by Gasteiger charge is 2.37. The smallest absolute Gasteiger partial charge is 0.244 e. The number of nitrogens with two attached hydrogens (primary N) is 1. The number of amides is 1. The van der Waals surface area contributed by atoms with Crippen molar-refractivity contribution >= 4 is 27.5 Å². The SMILES string of the molecule is NC1(C(=O)Nc2cc(F)ccc2Br)CCCC1. The summed E-state index contributed by atoms with van der Waals surface area (Å²) in [6, 6.07) is 4.16. The number of benzene rings is 1. The number of hydrogen-bond acceptors (Lipinski definition) is 2. The molecule has 1 amide bonds. The maximum Gasteiger partial charge on any atom is 0.244 e. The fraction of sp³-hybridized carbons (Fsp3) is 0.417. The van der Waals surface area contributed by atoms with Crippen LogP contribution in [0.25, 0.3) is 0 Å². The summed E-state index contributed by atoms with van der Waals surface area (Å²) in [5, 5.41) is 2.68. The minimum Gasteiger partial charge on any atom is -0.323 e. The van der Waals surface area contributed by atoms with Gasteiger partial charge in [-0.15, -0.1) is 0 Å². The molecule has 0 aliphatic heterocycles. The van der Waals surface area contributed by atoms with Crippen LogP contribution in [-0.2, 0) is 4.79 Å². The summed E-state index contributed by atoms with van der Waals surface area (Å²) in [5.41, 5.74) is 5.64. The van der Waals surface area contributed by atoms with Gasteiger partial charge in [0, 0.05) is 4.47 Å². The highest BCUT2D eigenvalue weighted by Crippen LogP contribution is 2.30. The van der Waals surface area contributed by atoms with Crippen LogP contribution < -0.4 is 11.1 Å². The van der Waals surface area contributed by atoms with Gasteiger partial charge in [0.1, 0.15) is 5.82 Å². The monoisotopic (exact) mass is 300 g/mol. The van der Waals surface area contributed by atoms with Crippen LogP contribution in [0.5, 0.6) is 0 Å². The van der Waals surface area contributed by atoms with Crippen molar-refractivity contribution in [3.63, 3.8) is 0 Å². The van der Waals surface area contributed by atoms with Gasteiger partial charge in [0.25, 0.3) is 0 Å². The lowest BCUT2D eigenvalue weighted by molar-refractivity contribution is -0.121. The Balaban J connectivity index is 2.15. The molecule has 1 aromatic carbocycles. The third kappa shape index (κ3) is 2.66. The number of anilines is 1. The zero-order valence-corrected chi connectivity index (χ0v) is 10.9. The van der Waals surface area contributed by atoms with Crippen molar-refractivity contribution < 1.29 is 9.18 Å². The molecule has 1 aliphatic carbocycles. The van der Waals surface area contributed by atoms with Crippen molar-refractivity contribution in [3.8, 4) is 0 Å². The summed E-state index contributed by atoms with van der Waals surface area (Å²) in [7, 11) is 0. The Morgan fingerprint density at radius 2 is 2.06 bits per heavy atom. The first-order chi connectivity index (χ1) is 8.01. The van der Waals surface area contributed by atoms with Crippen LogP contribution in [0.15, 0.2) is 22.7 Å². The fourth-order valence-corrected chi connectivity index (χ4v) is 2.42. The molecule has 1 aliphatic rings. The van der Waals surface area contributed by atoms with E-state index < -0.39 is 5.54 Å². The number of carbonyl (C=O) groups excluding carboxylic acids is 1. The van der Waals surface area contributed by atoms with E-state index in [1.54, 1.807) is 6.07 Å². The molecule has 17 heavy (non-hydrogen) atoms. The average molecular weight is 301 g/mol. The lowest BCUT2D eigenvalue weighted by Crippen LogP contribution is -2.48. The van der Waals surface area contributed by atoms with Crippen LogP contribution >= 0.6 is 15.9 Å². The lowest BCUT2D eigenvalue weighted by Gasteiger charge is -2.22. The second kappa shape index (κ2) is 4.74. The van der Waals surface area contributed by atoms with Gasteiger partial charge in [-0.25, -0.2) is 4.39 Å². The molecule has 1 fully saturated rings. The standard InChI is InChI=1S/C12H14BrFN2O/c13-9-4-3-8(14)7-10(9)16-11(17)12(15)5-1-2-6-12/h3-4,7H,1-2,5-6,15H2,(H,16,17). The van der Waals surface area contributed by atoms with Gasteiger partial charge >= 0.3 is 0 Å². The molecular weight excluding hydrogens is 287 g/mol. The summed E-state index contributed by atoms with van der Waals surface area (Å²) >= 11 is 3.26. The number of halogens is 2. The van der Waals surface area contributed by atoms with Crippen LogP contribution in [0.3, 0.4) is 0 Å². The Kier molecular flexibility index (Phi) is 3.49. The van der Waals surface area contributed by atoms with Crippen molar-refractivity contribution in [1.29, 1.82) is 0 Å². The predicted octanol–water partition coefficient (Wildman–Crippen LogP) is 2.80. The molecular formula is C12H14BrFN2O. The maximum absolute atomic E-state index is 13.1. The largest absolute Gasteiger partial charge is 0.323 e. The molecule has 1 saturated carbocycles. The van der Waals surface area contributed by atoms with Crippen LogP contribution in [0.4, 0.5) is 10.1 Å². The number of carbonyl (C=O) groups is 1. The van der Waals surface area contributed by atoms with Crippen LogP contribution in [-0.4, -0.2) is 11.4 Å². The van der Waals surface area contributed by atoms with Crippen LogP contribution in [0.1, 0.15) is 25.7 Å². The third-order valence-corrected chi connectivity index (χ3v) is 3.82. The summed E-state index contributed by atoms with van der Waals surface area (Å²) in [5.74, 6) is -0.623. The van der Waals surface area contributed by atoms with Crippen molar-refractivity contribution in [2.45, 2.75) is 31.2 Å². The first kappa shape index (κ1) is 12.5. The van der Waals surface area contributed by atoms with Gasteiger partial charge < -0.3 is 11.1 Å². The first-order valence-corrected chi connectivity index (χ1v) is 6.36. The molecule has 0 spiro atoms. The number of nitrogens with one attached hydrogen (secondary N) is 1. The summed E-state index contributed by atoms with van der Waals surface area (Å²) in [6.45, 7) is 0. The molecule has 0 bridgehead atoms. The maximum atomic E-state index is 13.1. The van der Waals surface area contributed by atoms with Gasteiger partial charge in [-0.2, -0.15) is 0 Å². The molecule has 5 heteroatoms. The molecule has 92 valence electrons. The van der Waals surface area contributed by atoms with E-state index in [1.807, 2.05) is 0 Å². The molecule has 0 atom stereocenters. The molecule has 0 radical (unpaired) electrons. The van der Waals surface area contributed by atoms with E-state index in [2.05, 4.69) is 21.2 Å². The van der Waals surface area contributed by atoms with E-state index in [0.29, 0.717) is 23.0 Å². The van der Waals surface area contributed by atoms with E-state index in [1.165, 1.54) is 12.1 Å². The Hall–Kier alpha value is -0.940. The van der Waals surface area contributed by atoms with Crippen LogP contribution in [0, 0.1) is 5.82 Å². The van der Waals surface area contributed by atoms with Gasteiger partial charge in [0.2, 0.25) is 5.91 Å².